The Morgan fingerprint density at radius 2 is 2.12 bits per heavy atom. The lowest BCUT2D eigenvalue weighted by atomic mass is 9.75. The lowest BCUT2D eigenvalue weighted by molar-refractivity contribution is -0.126. The van der Waals surface area contributed by atoms with Crippen LogP contribution in [0.5, 0.6) is 0 Å². The van der Waals surface area contributed by atoms with Crippen molar-refractivity contribution in [3.05, 3.63) is 0 Å². The summed E-state index contributed by atoms with van der Waals surface area (Å²) in [6.07, 6.45) is 1.17. The zero-order chi connectivity index (χ0) is 12.8. The number of carbonyl (C=O) groups excluding carboxylic acids is 1. The van der Waals surface area contributed by atoms with Gasteiger partial charge in [0.15, 0.2) is 0 Å². The van der Waals surface area contributed by atoms with E-state index in [1.165, 1.54) is 0 Å². The minimum Gasteiger partial charge on any atom is -0.305 e. The molecular formula is C10H18O3S3. The molecule has 94 valence electrons. The summed E-state index contributed by atoms with van der Waals surface area (Å²) < 4.78 is 19.7. The van der Waals surface area contributed by atoms with E-state index in [9.17, 15) is 13.6 Å². The Morgan fingerprint density at radius 1 is 1.62 bits per heavy atom. The Kier molecular flexibility index (Phi) is 3.81. The molecule has 0 aliphatic heterocycles. The molecule has 0 aromatic rings. The Balaban J connectivity index is 2.93. The van der Waals surface area contributed by atoms with E-state index in [1.807, 2.05) is 13.8 Å². The molecule has 16 heavy (non-hydrogen) atoms. The van der Waals surface area contributed by atoms with Crippen LogP contribution in [0, 0.1) is 5.92 Å². The molecule has 1 saturated carbocycles. The lowest BCUT2D eigenvalue weighted by Crippen LogP contribution is -2.47. The van der Waals surface area contributed by atoms with Crippen LogP contribution in [0.25, 0.3) is 0 Å². The van der Waals surface area contributed by atoms with Crippen molar-refractivity contribution >= 4 is 38.4 Å². The second kappa shape index (κ2) is 4.23. The molecule has 1 rings (SSSR count). The number of hydrogen-bond acceptors (Lipinski definition) is 4. The minimum atomic E-state index is -3.34. The molecule has 0 spiro atoms. The van der Waals surface area contributed by atoms with Gasteiger partial charge in [0, 0.05) is 28.3 Å². The number of thiol groups is 1. The third-order valence-corrected chi connectivity index (χ3v) is 6.49. The average Bonchev–Trinajstić information content (AvgIpc) is 1.98. The third kappa shape index (κ3) is 2.78. The highest BCUT2D eigenvalue weighted by Gasteiger charge is 2.46. The fourth-order valence-corrected chi connectivity index (χ4v) is 3.56. The van der Waals surface area contributed by atoms with E-state index in [1.54, 1.807) is 6.92 Å². The molecule has 0 radical (unpaired) electrons. The molecule has 1 fully saturated rings. The number of rotatable bonds is 2. The fraction of sp³-hybridized carbons (Fsp3) is 0.900. The Bertz CT molecular complexity index is 394. The quantitative estimate of drug-likeness (QED) is 0.761. The van der Waals surface area contributed by atoms with Gasteiger partial charge in [-0.1, -0.05) is 13.8 Å². The van der Waals surface area contributed by atoms with Crippen LogP contribution in [0.3, 0.4) is 0 Å². The van der Waals surface area contributed by atoms with E-state index in [-0.39, 0.29) is 22.9 Å². The molecule has 0 saturated heterocycles. The van der Waals surface area contributed by atoms with Crippen LogP contribution in [0.4, 0.5) is 0 Å². The lowest BCUT2D eigenvalue weighted by Gasteiger charge is -2.39. The maximum atomic E-state index is 12.0. The molecule has 1 N–H and O–H groups in total. The molecule has 0 aromatic heterocycles. The second-order valence-corrected chi connectivity index (χ2v) is 9.76. The summed E-state index contributed by atoms with van der Waals surface area (Å²) in [5.74, 6) is -0.152. The third-order valence-electron chi connectivity index (χ3n) is 3.37. The number of ketones is 1. The van der Waals surface area contributed by atoms with Gasteiger partial charge in [-0.3, -0.25) is 4.79 Å². The number of Topliss-reactive ketones (excluding diaryl/α,β-unsaturated/α-hetero) is 1. The first-order valence-electron chi connectivity index (χ1n) is 5.19. The first kappa shape index (κ1) is 14.4. The SMILES string of the molecule is CC(C)(S)C1CCC(C)(S(=O)(O)=S)CC1=O. The Morgan fingerprint density at radius 3 is 2.44 bits per heavy atom. The predicted octanol–water partition coefficient (Wildman–Crippen LogP) is 2.04. The molecule has 3 nitrogen and oxygen atoms in total. The molecule has 6 heteroatoms. The molecule has 0 heterocycles. The van der Waals surface area contributed by atoms with Gasteiger partial charge < -0.3 is 4.55 Å². The van der Waals surface area contributed by atoms with Gasteiger partial charge in [-0.25, -0.2) is 4.21 Å². The van der Waals surface area contributed by atoms with Gasteiger partial charge in [0.05, 0.1) is 4.75 Å². The second-order valence-electron chi connectivity index (χ2n) is 5.31. The summed E-state index contributed by atoms with van der Waals surface area (Å²) >= 11 is 9.02. The highest BCUT2D eigenvalue weighted by Crippen LogP contribution is 2.41. The average molecular weight is 282 g/mol. The zero-order valence-electron chi connectivity index (χ0n) is 9.73. The molecule has 1 aliphatic rings. The smallest absolute Gasteiger partial charge is 0.147 e. The van der Waals surface area contributed by atoms with Crippen LogP contribution in [0.1, 0.15) is 40.0 Å². The summed E-state index contributed by atoms with van der Waals surface area (Å²) in [5, 5.41) is 0. The number of hydrogen-bond donors (Lipinski definition) is 2. The maximum absolute atomic E-state index is 12.0. The van der Waals surface area contributed by atoms with E-state index in [0.29, 0.717) is 12.8 Å². The molecule has 3 unspecified atom stereocenters. The molecule has 0 bridgehead atoms. The summed E-state index contributed by atoms with van der Waals surface area (Å²) in [5.41, 5.74) is 0. The van der Waals surface area contributed by atoms with Crippen LogP contribution in [-0.2, 0) is 24.8 Å². The summed E-state index contributed by atoms with van der Waals surface area (Å²) in [6, 6.07) is 0. The molecule has 0 amide bonds. The van der Waals surface area contributed by atoms with Crippen LogP contribution in [-0.4, -0.2) is 24.0 Å². The van der Waals surface area contributed by atoms with Crippen molar-refractivity contribution in [1.29, 1.82) is 0 Å². The first-order valence-corrected chi connectivity index (χ1v) is 8.08. The van der Waals surface area contributed by atoms with Crippen molar-refractivity contribution in [2.45, 2.75) is 49.5 Å². The van der Waals surface area contributed by atoms with Crippen molar-refractivity contribution in [2.75, 3.05) is 0 Å². The van der Waals surface area contributed by atoms with Crippen molar-refractivity contribution < 1.29 is 13.6 Å². The van der Waals surface area contributed by atoms with Gasteiger partial charge in [0.2, 0.25) is 0 Å². The van der Waals surface area contributed by atoms with Gasteiger partial charge in [0.1, 0.15) is 14.6 Å². The molecule has 3 atom stereocenters. The Hall–Kier alpha value is 0.350. The molecule has 1 aliphatic carbocycles. The summed E-state index contributed by atoms with van der Waals surface area (Å²) in [6.45, 7) is 5.42. The van der Waals surface area contributed by atoms with Gasteiger partial charge >= 0.3 is 0 Å². The van der Waals surface area contributed by atoms with E-state index >= 15 is 0 Å². The van der Waals surface area contributed by atoms with Crippen LogP contribution < -0.4 is 0 Å². The summed E-state index contributed by atoms with van der Waals surface area (Å²) in [4.78, 5) is 12.0. The highest BCUT2D eigenvalue weighted by atomic mass is 32.8. The predicted molar refractivity (Wildman–Crippen MR) is 72.0 cm³/mol. The van der Waals surface area contributed by atoms with Crippen LogP contribution in [0.2, 0.25) is 0 Å². The van der Waals surface area contributed by atoms with E-state index in [4.69, 9.17) is 0 Å². The Labute approximate surface area is 107 Å². The zero-order valence-corrected chi connectivity index (χ0v) is 12.3. The van der Waals surface area contributed by atoms with Gasteiger partial charge in [0.25, 0.3) is 0 Å². The van der Waals surface area contributed by atoms with Crippen LogP contribution >= 0.6 is 12.6 Å². The highest BCUT2D eigenvalue weighted by molar-refractivity contribution is 8.30. The number of carbonyl (C=O) groups is 1. The van der Waals surface area contributed by atoms with Crippen molar-refractivity contribution in [1.82, 2.24) is 0 Å². The fourth-order valence-electron chi connectivity index (χ4n) is 2.16. The van der Waals surface area contributed by atoms with Crippen molar-refractivity contribution in [3.63, 3.8) is 0 Å². The first-order chi connectivity index (χ1) is 6.97. The summed E-state index contributed by atoms with van der Waals surface area (Å²) in [7, 11) is -3.34. The standard InChI is InChI=1S/C10H18O3S3/c1-9(2,14)7-4-5-10(3,6-8(7)11)16(12,13)15/h7,14H,4-6H2,1-3H3,(H,12,13,15). The van der Waals surface area contributed by atoms with Crippen LogP contribution in [0.15, 0.2) is 0 Å². The van der Waals surface area contributed by atoms with Crippen molar-refractivity contribution in [2.24, 2.45) is 5.92 Å². The van der Waals surface area contributed by atoms with E-state index in [0.717, 1.165) is 0 Å². The largest absolute Gasteiger partial charge is 0.305 e. The van der Waals surface area contributed by atoms with Crippen molar-refractivity contribution in [3.8, 4) is 0 Å². The van der Waals surface area contributed by atoms with Gasteiger partial charge in [-0.05, 0) is 19.8 Å². The molecule has 0 aromatic carbocycles. The van der Waals surface area contributed by atoms with Gasteiger partial charge in [-0.2, -0.15) is 12.6 Å². The normalized spacial score (nSPS) is 35.8. The monoisotopic (exact) mass is 282 g/mol. The molecular weight excluding hydrogens is 264 g/mol. The topological polar surface area (TPSA) is 54.4 Å². The van der Waals surface area contributed by atoms with E-state index in [2.05, 4.69) is 23.8 Å². The maximum Gasteiger partial charge on any atom is 0.147 e. The van der Waals surface area contributed by atoms with Gasteiger partial charge in [-0.15, -0.1) is 0 Å². The minimum absolute atomic E-state index is 0.000347. The van der Waals surface area contributed by atoms with E-state index < -0.39 is 13.5 Å².